The number of nitrogens with zero attached hydrogens (tertiary/aromatic N) is 3. The summed E-state index contributed by atoms with van der Waals surface area (Å²) in [6.45, 7) is 11.2. The van der Waals surface area contributed by atoms with Gasteiger partial charge in [-0.15, -0.1) is 0 Å². The second-order valence-electron chi connectivity index (χ2n) is 8.53. The minimum Gasteiger partial charge on any atom is -0.443 e. The second kappa shape index (κ2) is 8.26. The van der Waals surface area contributed by atoms with Gasteiger partial charge in [-0.25, -0.2) is 14.6 Å². The van der Waals surface area contributed by atoms with Crippen molar-refractivity contribution in [1.29, 1.82) is 0 Å². The molecule has 1 N–H and O–H groups in total. The largest absolute Gasteiger partial charge is 0.443 e. The molecular formula is C24H28N4O3. The van der Waals surface area contributed by atoms with Crippen molar-refractivity contribution in [3.8, 4) is 11.1 Å². The molecule has 1 aromatic carbocycles. The zero-order valence-electron chi connectivity index (χ0n) is 18.8. The average molecular weight is 421 g/mol. The standard InChI is InChI=1S/C24H28N4O3/c1-8-19-15(2)26-21-20(19)13-17(14-25-21)16-9-11-18(12-10-16)28(22(29)27(6)7)23(30)31-24(3,4)5/h8-14H,1H2,2-7H3,(H,25,26). The topological polar surface area (TPSA) is 78.5 Å². The number of nitrogens with one attached hydrogen (secondary N) is 1. The van der Waals surface area contributed by atoms with Gasteiger partial charge in [-0.3, -0.25) is 0 Å². The summed E-state index contributed by atoms with van der Waals surface area (Å²) in [5, 5.41) is 0.993. The Hall–Kier alpha value is -3.61. The van der Waals surface area contributed by atoms with Crippen molar-refractivity contribution in [2.45, 2.75) is 33.3 Å². The maximum atomic E-state index is 12.7. The molecule has 0 saturated carbocycles. The predicted octanol–water partition coefficient (Wildman–Crippen LogP) is 5.60. The molecule has 7 heteroatoms. The molecule has 3 aromatic rings. The third-order valence-corrected chi connectivity index (χ3v) is 4.70. The highest BCUT2D eigenvalue weighted by atomic mass is 16.6. The van der Waals surface area contributed by atoms with Gasteiger partial charge in [-0.2, -0.15) is 4.90 Å². The Morgan fingerprint density at radius 2 is 1.77 bits per heavy atom. The van der Waals surface area contributed by atoms with Crippen molar-refractivity contribution >= 4 is 34.9 Å². The molecule has 0 radical (unpaired) electrons. The van der Waals surface area contributed by atoms with Crippen LogP contribution < -0.4 is 4.90 Å². The Morgan fingerprint density at radius 3 is 2.32 bits per heavy atom. The number of amides is 3. The van der Waals surface area contributed by atoms with Crippen LogP contribution in [0.15, 0.2) is 43.1 Å². The van der Waals surface area contributed by atoms with Crippen LogP contribution in [-0.2, 0) is 4.74 Å². The number of fused-ring (bicyclic) bond motifs is 1. The molecule has 0 fully saturated rings. The number of pyridine rings is 1. The molecule has 7 nitrogen and oxygen atoms in total. The van der Waals surface area contributed by atoms with E-state index in [-0.39, 0.29) is 0 Å². The third kappa shape index (κ3) is 4.60. The number of H-pyrrole nitrogens is 1. The number of ether oxygens (including phenoxy) is 1. The number of hydrogen-bond acceptors (Lipinski definition) is 4. The van der Waals surface area contributed by atoms with Gasteiger partial charge in [0.1, 0.15) is 11.2 Å². The Bertz CT molecular complexity index is 1140. The first-order chi connectivity index (χ1) is 14.5. The van der Waals surface area contributed by atoms with E-state index in [2.05, 4.69) is 22.6 Å². The van der Waals surface area contributed by atoms with Crippen LogP contribution in [0, 0.1) is 6.92 Å². The molecule has 3 rings (SSSR count). The molecule has 31 heavy (non-hydrogen) atoms. The Kier molecular flexibility index (Phi) is 5.88. The minimum absolute atomic E-state index is 0.426. The first-order valence-corrected chi connectivity index (χ1v) is 9.97. The Balaban J connectivity index is 1.98. The first-order valence-electron chi connectivity index (χ1n) is 9.97. The second-order valence-corrected chi connectivity index (χ2v) is 8.53. The van der Waals surface area contributed by atoms with Crippen LogP contribution in [-0.4, -0.2) is 46.7 Å². The molecule has 0 aliphatic carbocycles. The summed E-state index contributed by atoms with van der Waals surface area (Å²) in [5.74, 6) is 0. The van der Waals surface area contributed by atoms with Crippen LogP contribution in [0.25, 0.3) is 28.2 Å². The molecule has 0 unspecified atom stereocenters. The van der Waals surface area contributed by atoms with Gasteiger partial charge in [0.25, 0.3) is 0 Å². The number of carbonyl (C=O) groups excluding carboxylic acids is 2. The van der Waals surface area contributed by atoms with Gasteiger partial charge < -0.3 is 14.6 Å². The molecule has 2 aromatic heterocycles. The van der Waals surface area contributed by atoms with Crippen molar-refractivity contribution in [2.75, 3.05) is 19.0 Å². The van der Waals surface area contributed by atoms with Crippen LogP contribution in [0.1, 0.15) is 32.0 Å². The van der Waals surface area contributed by atoms with Crippen molar-refractivity contribution in [2.24, 2.45) is 0 Å². The van der Waals surface area contributed by atoms with Crippen LogP contribution in [0.3, 0.4) is 0 Å². The van der Waals surface area contributed by atoms with Gasteiger partial charge in [0, 0.05) is 42.5 Å². The fourth-order valence-corrected chi connectivity index (χ4v) is 3.24. The van der Waals surface area contributed by atoms with Crippen molar-refractivity contribution in [1.82, 2.24) is 14.9 Å². The van der Waals surface area contributed by atoms with E-state index in [1.54, 1.807) is 53.2 Å². The van der Waals surface area contributed by atoms with Crippen LogP contribution in [0.2, 0.25) is 0 Å². The molecule has 0 bridgehead atoms. The van der Waals surface area contributed by atoms with E-state index in [0.29, 0.717) is 5.69 Å². The number of benzene rings is 1. The van der Waals surface area contributed by atoms with Gasteiger partial charge >= 0.3 is 12.1 Å². The summed E-state index contributed by atoms with van der Waals surface area (Å²) >= 11 is 0. The van der Waals surface area contributed by atoms with E-state index in [9.17, 15) is 9.59 Å². The summed E-state index contributed by atoms with van der Waals surface area (Å²) in [5.41, 5.74) is 4.38. The Labute approximate surface area is 182 Å². The third-order valence-electron chi connectivity index (χ3n) is 4.70. The smallest absolute Gasteiger partial charge is 0.423 e. The zero-order valence-corrected chi connectivity index (χ0v) is 18.8. The number of aromatic nitrogens is 2. The lowest BCUT2D eigenvalue weighted by molar-refractivity contribution is 0.0588. The molecule has 0 saturated heterocycles. The lowest BCUT2D eigenvalue weighted by Crippen LogP contribution is -2.45. The predicted molar refractivity (Wildman–Crippen MR) is 124 cm³/mol. The maximum absolute atomic E-state index is 12.7. The molecule has 162 valence electrons. The van der Waals surface area contributed by atoms with E-state index in [0.717, 1.165) is 38.3 Å². The van der Waals surface area contributed by atoms with Crippen LogP contribution in [0.5, 0.6) is 0 Å². The molecular weight excluding hydrogens is 392 g/mol. The summed E-state index contributed by atoms with van der Waals surface area (Å²) in [4.78, 5) is 35.5. The number of imide groups is 1. The number of aromatic amines is 1. The summed E-state index contributed by atoms with van der Waals surface area (Å²) in [7, 11) is 3.18. The average Bonchev–Trinajstić information content (AvgIpc) is 3.01. The fraction of sp³-hybridized carbons (Fsp3) is 0.292. The summed E-state index contributed by atoms with van der Waals surface area (Å²) in [6, 6.07) is 8.72. The van der Waals surface area contributed by atoms with Gasteiger partial charge in [-0.05, 0) is 51.5 Å². The molecule has 2 heterocycles. The first kappa shape index (κ1) is 22.1. The highest BCUT2D eigenvalue weighted by Gasteiger charge is 2.30. The van der Waals surface area contributed by atoms with Gasteiger partial charge in [0.2, 0.25) is 0 Å². The molecule has 0 atom stereocenters. The van der Waals surface area contributed by atoms with Gasteiger partial charge in [0.15, 0.2) is 0 Å². The molecule has 0 spiro atoms. The van der Waals surface area contributed by atoms with Gasteiger partial charge in [-0.1, -0.05) is 24.8 Å². The molecule has 0 aliphatic heterocycles. The summed E-state index contributed by atoms with van der Waals surface area (Å²) < 4.78 is 5.43. The maximum Gasteiger partial charge on any atom is 0.423 e. The molecule has 3 amide bonds. The monoisotopic (exact) mass is 420 g/mol. The Morgan fingerprint density at radius 1 is 1.13 bits per heavy atom. The lowest BCUT2D eigenvalue weighted by atomic mass is 10.0. The van der Waals surface area contributed by atoms with E-state index < -0.39 is 17.7 Å². The van der Waals surface area contributed by atoms with Crippen molar-refractivity contribution < 1.29 is 14.3 Å². The fourth-order valence-electron chi connectivity index (χ4n) is 3.24. The quantitative estimate of drug-likeness (QED) is 0.598. The van der Waals surface area contributed by atoms with Crippen LogP contribution in [0.4, 0.5) is 15.3 Å². The summed E-state index contributed by atoms with van der Waals surface area (Å²) in [6.07, 6.45) is 2.88. The van der Waals surface area contributed by atoms with E-state index >= 15 is 0 Å². The number of anilines is 1. The van der Waals surface area contributed by atoms with Crippen molar-refractivity contribution in [3.05, 3.63) is 54.4 Å². The normalized spacial score (nSPS) is 11.3. The van der Waals surface area contributed by atoms with E-state index in [1.807, 2.05) is 25.1 Å². The van der Waals surface area contributed by atoms with E-state index in [1.165, 1.54) is 4.90 Å². The minimum atomic E-state index is -0.722. The number of urea groups is 1. The highest BCUT2D eigenvalue weighted by molar-refractivity contribution is 6.11. The number of hydrogen-bond donors (Lipinski definition) is 1. The number of rotatable bonds is 3. The number of carbonyl (C=O) groups is 2. The van der Waals surface area contributed by atoms with Gasteiger partial charge in [0.05, 0.1) is 5.69 Å². The van der Waals surface area contributed by atoms with E-state index in [4.69, 9.17) is 4.74 Å². The van der Waals surface area contributed by atoms with Crippen LogP contribution >= 0.6 is 0 Å². The molecule has 0 aliphatic rings. The highest BCUT2D eigenvalue weighted by Crippen LogP contribution is 2.29. The SMILES string of the molecule is C=Cc1c(C)[nH]c2ncc(-c3ccc(N(C(=O)OC(C)(C)C)C(=O)N(C)C)cc3)cc12. The lowest BCUT2D eigenvalue weighted by Gasteiger charge is -2.28. The number of aryl methyl sites for hydroxylation is 1. The zero-order chi connectivity index (χ0) is 22.9. The van der Waals surface area contributed by atoms with Crippen molar-refractivity contribution in [3.63, 3.8) is 0 Å².